The Kier molecular flexibility index (Phi) is 4.22. The van der Waals surface area contributed by atoms with Crippen molar-refractivity contribution in [2.24, 2.45) is 0 Å². The first kappa shape index (κ1) is 15.6. The van der Waals surface area contributed by atoms with Crippen LogP contribution in [0.3, 0.4) is 0 Å². The van der Waals surface area contributed by atoms with E-state index in [1.54, 1.807) is 0 Å². The van der Waals surface area contributed by atoms with Crippen molar-refractivity contribution in [2.75, 3.05) is 0 Å². The van der Waals surface area contributed by atoms with Crippen LogP contribution in [0.25, 0.3) is 10.1 Å². The minimum atomic E-state index is -1.33. The number of non-ortho nitro benzene ring substituents is 1. The van der Waals surface area contributed by atoms with Gasteiger partial charge in [0, 0.05) is 18.6 Å². The molecule has 0 fully saturated rings. The van der Waals surface area contributed by atoms with Gasteiger partial charge < -0.3 is 10.2 Å². The molecule has 0 aliphatic carbocycles. The van der Waals surface area contributed by atoms with Gasteiger partial charge in [-0.15, -0.1) is 0 Å². The zero-order chi connectivity index (χ0) is 16.4. The third kappa shape index (κ3) is 2.96. The van der Waals surface area contributed by atoms with Gasteiger partial charge in [-0.2, -0.15) is 0 Å². The third-order valence-corrected chi connectivity index (χ3v) is 4.15. The number of carboxylic acids is 2. The van der Waals surface area contributed by atoms with Crippen molar-refractivity contribution in [1.29, 1.82) is 0 Å². The number of nitrogens with zero attached hydrogens (tertiary/aromatic N) is 2. The molecule has 2 aromatic rings. The summed E-state index contributed by atoms with van der Waals surface area (Å²) >= 11 is 0.770. The van der Waals surface area contributed by atoms with E-state index in [-0.39, 0.29) is 22.2 Å². The van der Waals surface area contributed by atoms with Crippen molar-refractivity contribution in [2.45, 2.75) is 18.9 Å². The summed E-state index contributed by atoms with van der Waals surface area (Å²) in [7, 11) is 0. The van der Waals surface area contributed by atoms with Crippen LogP contribution in [0.4, 0.5) is 5.69 Å². The van der Waals surface area contributed by atoms with Crippen LogP contribution in [-0.2, 0) is 9.59 Å². The third-order valence-electron chi connectivity index (χ3n) is 3.00. The van der Waals surface area contributed by atoms with Crippen LogP contribution >= 0.6 is 11.5 Å². The maximum atomic E-state index is 12.2. The summed E-state index contributed by atoms with van der Waals surface area (Å²) in [5.74, 6) is -2.50. The summed E-state index contributed by atoms with van der Waals surface area (Å²) in [5, 5.41) is 28.7. The van der Waals surface area contributed by atoms with Crippen molar-refractivity contribution in [1.82, 2.24) is 3.96 Å². The van der Waals surface area contributed by atoms with Crippen molar-refractivity contribution < 1.29 is 24.7 Å². The molecule has 0 aliphatic heterocycles. The minimum Gasteiger partial charge on any atom is -0.481 e. The molecule has 1 unspecified atom stereocenters. The first-order chi connectivity index (χ1) is 10.3. The molecule has 0 amide bonds. The normalized spacial score (nSPS) is 12.2. The second kappa shape index (κ2) is 5.93. The SMILES string of the molecule is O=C(O)CCC(C(=O)O)n1sc2cc([N+](=O)[O-])ccc2c1=O. The quantitative estimate of drug-likeness (QED) is 0.605. The molecule has 22 heavy (non-hydrogen) atoms. The molecule has 2 rings (SSSR count). The summed E-state index contributed by atoms with van der Waals surface area (Å²) < 4.78 is 1.22. The molecule has 116 valence electrons. The van der Waals surface area contributed by atoms with Gasteiger partial charge in [0.05, 0.1) is 15.0 Å². The molecule has 0 aliphatic rings. The van der Waals surface area contributed by atoms with Crippen LogP contribution in [0, 0.1) is 10.1 Å². The molecule has 0 saturated carbocycles. The highest BCUT2D eigenvalue weighted by atomic mass is 32.1. The average Bonchev–Trinajstić information content (AvgIpc) is 2.75. The van der Waals surface area contributed by atoms with Crippen LogP contribution < -0.4 is 5.56 Å². The number of carboxylic acid groups (broad SMARTS) is 2. The van der Waals surface area contributed by atoms with Gasteiger partial charge in [-0.25, -0.2) is 8.75 Å². The molecule has 1 aromatic heterocycles. The molecule has 1 atom stereocenters. The number of hydrogen-bond donors (Lipinski definition) is 2. The van der Waals surface area contributed by atoms with Crippen molar-refractivity contribution in [3.05, 3.63) is 38.7 Å². The number of nitro benzene ring substituents is 1. The largest absolute Gasteiger partial charge is 0.481 e. The average molecular weight is 326 g/mol. The van der Waals surface area contributed by atoms with Crippen molar-refractivity contribution in [3.8, 4) is 0 Å². The molecule has 1 aromatic carbocycles. The predicted octanol–water partition coefficient (Wildman–Crippen LogP) is 1.46. The Morgan fingerprint density at radius 1 is 1.36 bits per heavy atom. The molecule has 2 N–H and O–H groups in total. The Morgan fingerprint density at radius 3 is 2.59 bits per heavy atom. The molecule has 0 bridgehead atoms. The van der Waals surface area contributed by atoms with Gasteiger partial charge in [0.2, 0.25) is 0 Å². The molecule has 0 radical (unpaired) electrons. The Balaban J connectivity index is 2.51. The summed E-state index contributed by atoms with van der Waals surface area (Å²) in [6.07, 6.45) is -0.655. The standard InChI is InChI=1S/C12H10N2O7S/c15-10(16)4-3-8(12(18)19)13-11(17)7-2-1-6(14(20)21)5-9(7)22-13/h1-2,5,8H,3-4H2,(H,15,16)(H,18,19). The Hall–Kier alpha value is -2.75. The van der Waals surface area contributed by atoms with Crippen LogP contribution in [-0.4, -0.2) is 31.0 Å². The van der Waals surface area contributed by atoms with E-state index in [1.807, 2.05) is 0 Å². The fourth-order valence-electron chi connectivity index (χ4n) is 1.95. The number of aromatic nitrogens is 1. The highest BCUT2D eigenvalue weighted by Crippen LogP contribution is 2.26. The predicted molar refractivity (Wildman–Crippen MR) is 76.3 cm³/mol. The topological polar surface area (TPSA) is 140 Å². The molecule has 9 nitrogen and oxygen atoms in total. The van der Waals surface area contributed by atoms with E-state index in [0.29, 0.717) is 0 Å². The zero-order valence-electron chi connectivity index (χ0n) is 11.0. The lowest BCUT2D eigenvalue weighted by molar-refractivity contribution is -0.384. The van der Waals surface area contributed by atoms with Crippen molar-refractivity contribution >= 4 is 39.2 Å². The molecule has 10 heteroatoms. The number of aliphatic carboxylic acids is 2. The van der Waals surface area contributed by atoms with Crippen LogP contribution in [0.2, 0.25) is 0 Å². The van der Waals surface area contributed by atoms with Crippen LogP contribution in [0.1, 0.15) is 18.9 Å². The first-order valence-corrected chi connectivity index (χ1v) is 6.83. The fraction of sp³-hybridized carbons (Fsp3) is 0.250. The molecule has 0 saturated heterocycles. The number of nitro groups is 1. The molecular weight excluding hydrogens is 316 g/mol. The van der Waals surface area contributed by atoms with Crippen LogP contribution in [0.5, 0.6) is 0 Å². The summed E-state index contributed by atoms with van der Waals surface area (Å²) in [6.45, 7) is 0. The molecule has 0 spiro atoms. The van der Waals surface area contributed by atoms with Crippen molar-refractivity contribution in [3.63, 3.8) is 0 Å². The summed E-state index contributed by atoms with van der Waals surface area (Å²) in [5.41, 5.74) is -0.814. The van der Waals surface area contributed by atoms with E-state index < -0.39 is 34.9 Å². The van der Waals surface area contributed by atoms with E-state index in [4.69, 9.17) is 5.11 Å². The van der Waals surface area contributed by atoms with E-state index >= 15 is 0 Å². The number of rotatable bonds is 6. The van der Waals surface area contributed by atoms with Crippen LogP contribution in [0.15, 0.2) is 23.0 Å². The lowest BCUT2D eigenvalue weighted by Gasteiger charge is -2.10. The van der Waals surface area contributed by atoms with Gasteiger partial charge in [0.15, 0.2) is 0 Å². The number of carbonyl (C=O) groups is 2. The van der Waals surface area contributed by atoms with Gasteiger partial charge in [0.1, 0.15) is 6.04 Å². The molecule has 1 heterocycles. The lowest BCUT2D eigenvalue weighted by Crippen LogP contribution is -2.26. The smallest absolute Gasteiger partial charge is 0.327 e. The Morgan fingerprint density at radius 2 is 2.05 bits per heavy atom. The van der Waals surface area contributed by atoms with Gasteiger partial charge in [-0.05, 0) is 12.5 Å². The van der Waals surface area contributed by atoms with E-state index in [0.717, 1.165) is 21.6 Å². The minimum absolute atomic E-state index is 0.164. The highest BCUT2D eigenvalue weighted by Gasteiger charge is 2.25. The van der Waals surface area contributed by atoms with Gasteiger partial charge in [0.25, 0.3) is 11.2 Å². The van der Waals surface area contributed by atoms with E-state index in [1.165, 1.54) is 12.1 Å². The number of benzene rings is 1. The Bertz CT molecular complexity index is 822. The second-order valence-electron chi connectivity index (χ2n) is 4.45. The van der Waals surface area contributed by atoms with Gasteiger partial charge >= 0.3 is 11.9 Å². The first-order valence-electron chi connectivity index (χ1n) is 6.06. The zero-order valence-corrected chi connectivity index (χ0v) is 11.8. The second-order valence-corrected chi connectivity index (χ2v) is 5.46. The number of hydrogen-bond acceptors (Lipinski definition) is 6. The number of fused-ring (bicyclic) bond motifs is 1. The maximum Gasteiger partial charge on any atom is 0.327 e. The summed E-state index contributed by atoms with van der Waals surface area (Å²) in [6, 6.07) is 2.29. The molecular formula is C12H10N2O7S. The highest BCUT2D eigenvalue weighted by molar-refractivity contribution is 7.14. The lowest BCUT2D eigenvalue weighted by atomic mass is 10.1. The van der Waals surface area contributed by atoms with Gasteiger partial charge in [-0.3, -0.25) is 19.7 Å². The summed E-state index contributed by atoms with van der Waals surface area (Å²) in [4.78, 5) is 44.1. The van der Waals surface area contributed by atoms with Gasteiger partial charge in [-0.1, -0.05) is 11.5 Å². The van der Waals surface area contributed by atoms with E-state index in [9.17, 15) is 29.6 Å². The maximum absolute atomic E-state index is 12.2. The Labute approximate surface area is 126 Å². The van der Waals surface area contributed by atoms with E-state index in [2.05, 4.69) is 0 Å². The monoisotopic (exact) mass is 326 g/mol. The fourth-order valence-corrected chi connectivity index (χ4v) is 3.09.